The molecule has 0 spiro atoms. The number of nitrogens with one attached hydrogen (secondary N) is 2. The first-order valence-corrected chi connectivity index (χ1v) is 16.1. The molecule has 47 heavy (non-hydrogen) atoms. The second-order valence-electron chi connectivity index (χ2n) is 10.4. The van der Waals surface area contributed by atoms with Crippen LogP contribution in [0.5, 0.6) is 11.5 Å². The van der Waals surface area contributed by atoms with E-state index in [9.17, 15) is 14.4 Å². The van der Waals surface area contributed by atoms with Crippen molar-refractivity contribution in [3.63, 3.8) is 0 Å². The predicted molar refractivity (Wildman–Crippen MR) is 187 cm³/mol. The molecule has 0 aliphatic carbocycles. The maximum absolute atomic E-state index is 13.5. The minimum atomic E-state index is -0.482. The average Bonchev–Trinajstić information content (AvgIpc) is 3.12. The summed E-state index contributed by atoms with van der Waals surface area (Å²) in [5.74, 6) is 0.811. The van der Waals surface area contributed by atoms with Crippen LogP contribution < -0.4 is 20.1 Å². The van der Waals surface area contributed by atoms with Gasteiger partial charge >= 0.3 is 0 Å². The summed E-state index contributed by atoms with van der Waals surface area (Å²) in [5, 5.41) is 5.63. The van der Waals surface area contributed by atoms with Crippen molar-refractivity contribution in [3.05, 3.63) is 161 Å². The molecular weight excluding hydrogens is 609 g/mol. The summed E-state index contributed by atoms with van der Waals surface area (Å²) in [6.45, 7) is 2.92. The van der Waals surface area contributed by atoms with Crippen LogP contribution in [-0.2, 0) is 11.4 Å². The number of Topliss-reactive ketones (excluding diaryl/α,β-unsaturated/α-hetero) is 1. The van der Waals surface area contributed by atoms with Gasteiger partial charge in [-0.25, -0.2) is 0 Å². The van der Waals surface area contributed by atoms with Crippen LogP contribution in [0.4, 0.5) is 5.69 Å². The van der Waals surface area contributed by atoms with Gasteiger partial charge in [-0.3, -0.25) is 14.4 Å². The fourth-order valence-corrected chi connectivity index (χ4v) is 5.27. The second-order valence-corrected chi connectivity index (χ2v) is 11.4. The van der Waals surface area contributed by atoms with E-state index >= 15 is 0 Å². The smallest absolute Gasteiger partial charge is 0.272 e. The normalized spacial score (nSPS) is 11.0. The number of ether oxygens (including phenoxy) is 2. The summed E-state index contributed by atoms with van der Waals surface area (Å²) in [6, 6.07) is 40.2. The van der Waals surface area contributed by atoms with Gasteiger partial charge in [-0.15, -0.1) is 11.8 Å². The molecule has 7 nitrogen and oxygen atoms in total. The molecule has 2 N–H and O–H groups in total. The number of hydrogen-bond acceptors (Lipinski definition) is 6. The lowest BCUT2D eigenvalue weighted by atomic mass is 10.1. The fourth-order valence-electron chi connectivity index (χ4n) is 4.48. The topological polar surface area (TPSA) is 93.7 Å². The van der Waals surface area contributed by atoms with Gasteiger partial charge in [0.25, 0.3) is 11.8 Å². The molecule has 0 saturated heterocycles. The summed E-state index contributed by atoms with van der Waals surface area (Å²) < 4.78 is 11.3. The quantitative estimate of drug-likeness (QED) is 0.0724. The number of hydrogen-bond donors (Lipinski definition) is 2. The van der Waals surface area contributed by atoms with Gasteiger partial charge in [-0.05, 0) is 96.9 Å². The van der Waals surface area contributed by atoms with Crippen molar-refractivity contribution in [2.24, 2.45) is 0 Å². The SMILES string of the molecule is CCOc1ccc(C(=O)CSc2ccc(NC(=O)/C(=C/c3ccc(OCc4ccccc4)cc3)NC(=O)c3ccccc3)cc2)cc1. The zero-order chi connectivity index (χ0) is 32.8. The number of amides is 2. The van der Waals surface area contributed by atoms with Crippen LogP contribution >= 0.6 is 11.8 Å². The van der Waals surface area contributed by atoms with Crippen LogP contribution in [0.2, 0.25) is 0 Å². The Hall–Kier alpha value is -5.60. The lowest BCUT2D eigenvalue weighted by Crippen LogP contribution is -2.30. The molecule has 0 fully saturated rings. The van der Waals surface area contributed by atoms with Crippen LogP contribution in [0.25, 0.3) is 6.08 Å². The number of thioether (sulfide) groups is 1. The monoisotopic (exact) mass is 642 g/mol. The van der Waals surface area contributed by atoms with Gasteiger partial charge in [0.2, 0.25) is 0 Å². The molecule has 5 rings (SSSR count). The van der Waals surface area contributed by atoms with Crippen LogP contribution in [-0.4, -0.2) is 30.0 Å². The van der Waals surface area contributed by atoms with E-state index in [4.69, 9.17) is 9.47 Å². The van der Waals surface area contributed by atoms with E-state index in [0.29, 0.717) is 41.3 Å². The zero-order valence-corrected chi connectivity index (χ0v) is 26.7. The lowest BCUT2D eigenvalue weighted by molar-refractivity contribution is -0.113. The predicted octanol–water partition coefficient (Wildman–Crippen LogP) is 8.05. The molecule has 0 radical (unpaired) electrons. The molecule has 0 bridgehead atoms. The molecule has 0 saturated carbocycles. The average molecular weight is 643 g/mol. The summed E-state index contributed by atoms with van der Waals surface area (Å²) in [5.41, 5.74) is 3.44. The van der Waals surface area contributed by atoms with Crippen LogP contribution in [0.3, 0.4) is 0 Å². The van der Waals surface area contributed by atoms with Gasteiger partial charge in [-0.2, -0.15) is 0 Å². The van der Waals surface area contributed by atoms with Crippen LogP contribution in [0, 0.1) is 0 Å². The molecule has 236 valence electrons. The van der Waals surface area contributed by atoms with Gasteiger partial charge in [0.1, 0.15) is 23.8 Å². The number of ketones is 1. The molecule has 2 amide bonds. The highest BCUT2D eigenvalue weighted by Crippen LogP contribution is 2.23. The molecule has 0 aromatic heterocycles. The molecule has 0 unspecified atom stereocenters. The van der Waals surface area contributed by atoms with Gasteiger partial charge in [0, 0.05) is 21.7 Å². The number of rotatable bonds is 14. The Morgan fingerprint density at radius 3 is 1.96 bits per heavy atom. The molecule has 0 heterocycles. The first-order valence-electron chi connectivity index (χ1n) is 15.1. The largest absolute Gasteiger partial charge is 0.494 e. The van der Waals surface area contributed by atoms with Gasteiger partial charge < -0.3 is 20.1 Å². The Kier molecular flexibility index (Phi) is 11.6. The maximum Gasteiger partial charge on any atom is 0.272 e. The van der Waals surface area contributed by atoms with Gasteiger partial charge in [0.15, 0.2) is 5.78 Å². The Balaban J connectivity index is 1.23. The van der Waals surface area contributed by atoms with E-state index in [1.54, 1.807) is 66.7 Å². The molecule has 0 aliphatic heterocycles. The lowest BCUT2D eigenvalue weighted by Gasteiger charge is -2.12. The summed E-state index contributed by atoms with van der Waals surface area (Å²) in [4.78, 5) is 40.0. The number of anilines is 1. The van der Waals surface area contributed by atoms with Crippen molar-refractivity contribution in [1.82, 2.24) is 5.32 Å². The van der Waals surface area contributed by atoms with Crippen LogP contribution in [0.1, 0.15) is 38.8 Å². The van der Waals surface area contributed by atoms with E-state index < -0.39 is 11.8 Å². The van der Waals surface area contributed by atoms with Crippen molar-refractivity contribution in [1.29, 1.82) is 0 Å². The van der Waals surface area contributed by atoms with Crippen LogP contribution in [0.15, 0.2) is 144 Å². The first kappa shape index (κ1) is 32.8. The third-order valence-electron chi connectivity index (χ3n) is 6.94. The Morgan fingerprint density at radius 2 is 1.30 bits per heavy atom. The third-order valence-corrected chi connectivity index (χ3v) is 7.95. The zero-order valence-electron chi connectivity index (χ0n) is 25.8. The summed E-state index contributed by atoms with van der Waals surface area (Å²) in [6.07, 6.45) is 1.62. The van der Waals surface area contributed by atoms with E-state index in [2.05, 4.69) is 10.6 Å². The fraction of sp³-hybridized carbons (Fsp3) is 0.103. The Bertz CT molecular complexity index is 1810. The molecule has 0 atom stereocenters. The highest BCUT2D eigenvalue weighted by Gasteiger charge is 2.15. The highest BCUT2D eigenvalue weighted by atomic mass is 32.2. The second kappa shape index (κ2) is 16.6. The van der Waals surface area contributed by atoms with E-state index in [-0.39, 0.29) is 17.2 Å². The van der Waals surface area contributed by atoms with Crippen molar-refractivity contribution in [2.75, 3.05) is 17.7 Å². The number of benzene rings is 5. The number of carbonyl (C=O) groups is 3. The molecule has 8 heteroatoms. The van der Waals surface area contributed by atoms with Crippen molar-refractivity contribution >= 4 is 41.1 Å². The molecule has 5 aromatic carbocycles. The summed E-state index contributed by atoms with van der Waals surface area (Å²) >= 11 is 1.41. The van der Waals surface area contributed by atoms with E-state index in [1.165, 1.54) is 11.8 Å². The number of carbonyl (C=O) groups excluding carboxylic acids is 3. The van der Waals surface area contributed by atoms with Gasteiger partial charge in [0.05, 0.1) is 12.4 Å². The highest BCUT2D eigenvalue weighted by molar-refractivity contribution is 8.00. The standard InChI is InChI=1S/C39H34N2O5S/c1-2-45-33-21-15-30(16-22-33)37(42)27-47-35-23-17-32(18-24-35)40-39(44)36(41-38(43)31-11-7-4-8-12-31)25-28-13-19-34(20-14-28)46-26-29-9-5-3-6-10-29/h3-25H,2,26-27H2,1H3,(H,40,44)(H,41,43)/b36-25-. The van der Waals surface area contributed by atoms with E-state index in [0.717, 1.165) is 16.2 Å². The Labute approximate surface area is 278 Å². The molecule has 0 aliphatic rings. The van der Waals surface area contributed by atoms with Crippen molar-refractivity contribution in [2.45, 2.75) is 18.4 Å². The van der Waals surface area contributed by atoms with E-state index in [1.807, 2.05) is 79.7 Å². The molecule has 5 aromatic rings. The van der Waals surface area contributed by atoms with Gasteiger partial charge in [-0.1, -0.05) is 60.7 Å². The Morgan fingerprint density at radius 1 is 0.681 bits per heavy atom. The van der Waals surface area contributed by atoms with Crippen molar-refractivity contribution in [3.8, 4) is 11.5 Å². The maximum atomic E-state index is 13.5. The third kappa shape index (κ3) is 9.94. The van der Waals surface area contributed by atoms with Crippen molar-refractivity contribution < 1.29 is 23.9 Å². The minimum absolute atomic E-state index is 0.00940. The minimum Gasteiger partial charge on any atom is -0.494 e. The first-order chi connectivity index (χ1) is 23.0. The molecular formula is C39H34N2O5S. The summed E-state index contributed by atoms with van der Waals surface area (Å²) in [7, 11) is 0.